The van der Waals surface area contributed by atoms with Crippen LogP contribution in [0, 0.1) is 13.3 Å². The van der Waals surface area contributed by atoms with Crippen molar-refractivity contribution in [2.45, 2.75) is 39.8 Å². The molecule has 0 aliphatic carbocycles. The minimum atomic E-state index is 0.455. The average molecular weight is 615 g/mol. The van der Waals surface area contributed by atoms with Crippen LogP contribution >= 0.6 is 26.9 Å². The predicted octanol–water partition coefficient (Wildman–Crippen LogP) is 6.38. The van der Waals surface area contributed by atoms with Crippen LogP contribution in [0.1, 0.15) is 27.7 Å². The molecule has 0 atom stereocenters. The van der Waals surface area contributed by atoms with Gasteiger partial charge in [-0.3, -0.25) is 0 Å². The van der Waals surface area contributed by atoms with Crippen LogP contribution in [0.15, 0.2) is 48.5 Å². The summed E-state index contributed by atoms with van der Waals surface area (Å²) in [7, 11) is 0. The van der Waals surface area contributed by atoms with Gasteiger partial charge in [-0.25, -0.2) is 0 Å². The van der Waals surface area contributed by atoms with Crippen LogP contribution in [0.25, 0.3) is 0 Å². The fraction of sp³-hybridized carbons (Fsp3) is 0.364. The zero-order valence-corrected chi connectivity index (χ0v) is 21.9. The number of rotatable bonds is 5. The summed E-state index contributed by atoms with van der Waals surface area (Å²) in [6.45, 7) is 15.4. The molecule has 0 spiro atoms. The van der Waals surface area contributed by atoms with Gasteiger partial charge in [-0.05, 0) is 64.0 Å². The molecule has 0 saturated carbocycles. The molecular formula is C22H28Br2N4Pd-2. The van der Waals surface area contributed by atoms with Crippen LogP contribution in [0.3, 0.4) is 0 Å². The summed E-state index contributed by atoms with van der Waals surface area (Å²) < 4.78 is 0. The number of anilines is 4. The third-order valence-corrected chi connectivity index (χ3v) is 5.16. The molecule has 2 aromatic carbocycles. The summed E-state index contributed by atoms with van der Waals surface area (Å²) in [5, 5.41) is 0. The first-order valence-corrected chi connectivity index (χ1v) is 16.9. The fourth-order valence-electron chi connectivity index (χ4n) is 3.79. The number of hydrogen-bond donors (Lipinski definition) is 0. The van der Waals surface area contributed by atoms with Crippen molar-refractivity contribution in [2.75, 3.05) is 32.7 Å². The van der Waals surface area contributed by atoms with Crippen molar-refractivity contribution in [1.29, 1.82) is 0 Å². The number of hydrogen-bond acceptors (Lipinski definition) is 4. The molecule has 0 saturated heterocycles. The molecule has 0 aromatic heterocycles. The van der Waals surface area contributed by atoms with E-state index in [4.69, 9.17) is 0 Å². The van der Waals surface area contributed by atoms with E-state index in [1.54, 1.807) is 0 Å². The second-order valence-corrected chi connectivity index (χ2v) is 14.8. The van der Waals surface area contributed by atoms with E-state index in [2.05, 4.69) is 136 Å². The van der Waals surface area contributed by atoms with Crippen molar-refractivity contribution in [3.8, 4) is 0 Å². The van der Waals surface area contributed by atoms with E-state index in [-0.39, 0.29) is 0 Å². The number of benzene rings is 2. The molecule has 4 rings (SSSR count). The standard InChI is InChI=1S/C22H28N4.2BrH.Pd/c1-17(2)25-15-23(19-9-5-7-11-21(19)25)13-14-24-16-26(18(3)4)22-12-8-6-10-20(22)24;;;/h5-12,15-18H,13-14H2,1-4H3;2*1H;/q-2;;;+2/p-2. The van der Waals surface area contributed by atoms with Gasteiger partial charge in [0.25, 0.3) is 0 Å². The van der Waals surface area contributed by atoms with E-state index in [9.17, 15) is 0 Å². The quantitative estimate of drug-likeness (QED) is 0.286. The summed E-state index contributed by atoms with van der Waals surface area (Å²) in [6, 6.07) is 18.3. The monoisotopic (exact) mass is 612 g/mol. The van der Waals surface area contributed by atoms with Crippen LogP contribution < -0.4 is 19.6 Å². The zero-order valence-electron chi connectivity index (χ0n) is 17.2. The molecule has 4 nitrogen and oxygen atoms in total. The molecule has 2 heterocycles. The number of fused-ring (bicyclic) bond motifs is 2. The number of nitrogens with zero attached hydrogens (tertiary/aromatic N) is 4. The Hall–Kier alpha value is -0.738. The summed E-state index contributed by atoms with van der Waals surface area (Å²) in [4.78, 5) is 9.47. The van der Waals surface area contributed by atoms with Gasteiger partial charge in [0.15, 0.2) is 0 Å². The van der Waals surface area contributed by atoms with Crippen LogP contribution in [0.5, 0.6) is 0 Å². The third kappa shape index (κ3) is 5.13. The second-order valence-electron chi connectivity index (χ2n) is 7.64. The number of para-hydroxylation sites is 4. The molecule has 162 valence electrons. The molecule has 0 bridgehead atoms. The van der Waals surface area contributed by atoms with Gasteiger partial charge >= 0.3 is 40.8 Å². The maximum atomic E-state index is 3.11. The van der Waals surface area contributed by atoms with Crippen molar-refractivity contribution in [2.24, 2.45) is 0 Å². The van der Waals surface area contributed by atoms with E-state index >= 15 is 0 Å². The summed E-state index contributed by atoms with van der Waals surface area (Å²) in [5.74, 6) is 0. The first-order chi connectivity index (χ1) is 14.0. The number of halogens is 2. The molecule has 2 aromatic rings. The normalized spacial score (nSPS) is 15.2. The first-order valence-electron chi connectivity index (χ1n) is 9.78. The minimum absolute atomic E-state index is 0.455. The molecule has 2 aliphatic rings. The Balaban J connectivity index is 0.000000755. The van der Waals surface area contributed by atoms with Crippen molar-refractivity contribution in [3.63, 3.8) is 0 Å². The van der Waals surface area contributed by atoms with Crippen LogP contribution in [-0.4, -0.2) is 25.2 Å². The van der Waals surface area contributed by atoms with Gasteiger partial charge in [0.1, 0.15) is 0 Å². The van der Waals surface area contributed by atoms with Gasteiger partial charge in [0.2, 0.25) is 0 Å². The van der Waals surface area contributed by atoms with Gasteiger partial charge in [0.05, 0.1) is 0 Å². The molecule has 0 N–H and O–H groups in total. The summed E-state index contributed by atoms with van der Waals surface area (Å²) in [6.07, 6.45) is 0. The van der Waals surface area contributed by atoms with Crippen LogP contribution in [-0.2, 0) is 13.9 Å². The third-order valence-electron chi connectivity index (χ3n) is 5.16. The van der Waals surface area contributed by atoms with Gasteiger partial charge in [-0.15, -0.1) is 0 Å². The van der Waals surface area contributed by atoms with E-state index in [1.165, 1.54) is 22.7 Å². The predicted molar refractivity (Wildman–Crippen MR) is 129 cm³/mol. The Labute approximate surface area is 196 Å². The van der Waals surface area contributed by atoms with Crippen LogP contribution in [0.2, 0.25) is 0 Å². The molecule has 7 heteroatoms. The topological polar surface area (TPSA) is 13.0 Å². The van der Waals surface area contributed by atoms with E-state index in [0.29, 0.717) is 26.0 Å². The van der Waals surface area contributed by atoms with Crippen molar-refractivity contribution in [1.82, 2.24) is 0 Å². The Bertz CT molecular complexity index is 736. The zero-order chi connectivity index (χ0) is 21.0. The average Bonchev–Trinajstić information content (AvgIpc) is 3.26. The maximum absolute atomic E-state index is 3.11. The van der Waals surface area contributed by atoms with E-state index in [1.807, 2.05) is 0 Å². The summed E-state index contributed by atoms with van der Waals surface area (Å²) in [5.41, 5.74) is 5.21. The van der Waals surface area contributed by atoms with E-state index < -0.39 is 0 Å². The molecule has 2 aliphatic heterocycles. The summed E-state index contributed by atoms with van der Waals surface area (Å²) >= 11 is 6.80. The van der Waals surface area contributed by atoms with Crippen molar-refractivity contribution in [3.05, 3.63) is 61.9 Å². The Morgan fingerprint density at radius 3 is 1.31 bits per heavy atom. The Morgan fingerprint density at radius 2 is 1.00 bits per heavy atom. The molecular weight excluding hydrogens is 586 g/mol. The molecule has 0 amide bonds. The Kier molecular flexibility index (Phi) is 8.33. The Morgan fingerprint density at radius 1 is 0.690 bits per heavy atom. The first kappa shape index (κ1) is 22.9. The molecule has 0 fully saturated rings. The van der Waals surface area contributed by atoms with Crippen molar-refractivity contribution < 1.29 is 13.9 Å². The molecule has 0 unspecified atom stereocenters. The van der Waals surface area contributed by atoms with Gasteiger partial charge in [-0.1, -0.05) is 24.3 Å². The van der Waals surface area contributed by atoms with Crippen LogP contribution in [0.4, 0.5) is 22.7 Å². The van der Waals surface area contributed by atoms with Gasteiger partial charge < -0.3 is 19.6 Å². The van der Waals surface area contributed by atoms with E-state index in [0.717, 1.165) is 13.1 Å². The fourth-order valence-corrected chi connectivity index (χ4v) is 3.79. The van der Waals surface area contributed by atoms with Gasteiger partial charge in [-0.2, -0.15) is 13.3 Å². The molecule has 29 heavy (non-hydrogen) atoms. The second kappa shape index (κ2) is 10.5. The van der Waals surface area contributed by atoms with Crippen molar-refractivity contribution >= 4 is 49.6 Å². The SMILES string of the molecule is CC(C)N1[CH-]N(CCN2[CH-]N(C(C)C)c3ccccc32)c2ccccc21.[Br][Pd][Br]. The van der Waals surface area contributed by atoms with Gasteiger partial charge in [0, 0.05) is 35.8 Å². The molecule has 0 radical (unpaired) electrons.